The number of hydrogen-bond donors (Lipinski definition) is 0. The number of benzene rings is 1. The Hall–Kier alpha value is -2.10. The quantitative estimate of drug-likeness (QED) is 0.160. The Morgan fingerprint density at radius 1 is 0.711 bits per heavy atom. The highest BCUT2D eigenvalue weighted by atomic mass is 16.2. The molecular weight excluding hydrogens is 472 g/mol. The first kappa shape index (κ1) is 32.1. The van der Waals surface area contributed by atoms with Crippen molar-refractivity contribution in [2.45, 2.75) is 142 Å². The van der Waals surface area contributed by atoms with Crippen LogP contribution in [-0.2, 0) is 20.8 Å². The molecule has 1 aromatic rings. The van der Waals surface area contributed by atoms with Crippen LogP contribution in [0.15, 0.2) is 24.3 Å². The van der Waals surface area contributed by atoms with Gasteiger partial charge in [0, 0.05) is 18.4 Å². The van der Waals surface area contributed by atoms with E-state index in [1.54, 1.807) is 0 Å². The molecule has 0 aromatic heterocycles. The van der Waals surface area contributed by atoms with E-state index in [0.29, 0.717) is 19.3 Å². The van der Waals surface area contributed by atoms with Gasteiger partial charge in [0.1, 0.15) is 17.3 Å². The molecule has 2 unspecified atom stereocenters. The fourth-order valence-corrected chi connectivity index (χ4v) is 5.81. The van der Waals surface area contributed by atoms with Crippen molar-refractivity contribution in [1.29, 1.82) is 0 Å². The zero-order valence-corrected chi connectivity index (χ0v) is 24.2. The highest BCUT2D eigenvalue weighted by Gasteiger charge is 2.31. The van der Waals surface area contributed by atoms with Gasteiger partial charge in [0.2, 0.25) is 0 Å². The maximum atomic E-state index is 12.6. The molecule has 4 nitrogen and oxygen atoms in total. The Morgan fingerprint density at radius 3 is 1.84 bits per heavy atom. The Kier molecular flexibility index (Phi) is 16.1. The van der Waals surface area contributed by atoms with E-state index in [-0.39, 0.29) is 35.0 Å². The average Bonchev–Trinajstić information content (AvgIpc) is 2.92. The molecule has 2 aliphatic rings. The van der Waals surface area contributed by atoms with Gasteiger partial charge in [-0.2, -0.15) is 0 Å². The molecule has 0 saturated heterocycles. The first-order valence-electron chi connectivity index (χ1n) is 15.6. The van der Waals surface area contributed by atoms with Gasteiger partial charge in [-0.1, -0.05) is 115 Å². The maximum absolute atomic E-state index is 12.6. The van der Waals surface area contributed by atoms with Gasteiger partial charge in [0.15, 0.2) is 5.78 Å². The van der Waals surface area contributed by atoms with Gasteiger partial charge in [-0.25, -0.2) is 0 Å². The lowest BCUT2D eigenvalue weighted by Crippen LogP contribution is -2.29. The van der Waals surface area contributed by atoms with Crippen LogP contribution >= 0.6 is 0 Å². The molecule has 0 heterocycles. The Labute approximate surface area is 231 Å². The second-order valence-electron chi connectivity index (χ2n) is 11.4. The van der Waals surface area contributed by atoms with Crippen LogP contribution in [0.5, 0.6) is 0 Å². The molecule has 2 atom stereocenters. The lowest BCUT2D eigenvalue weighted by Gasteiger charge is -2.22. The summed E-state index contributed by atoms with van der Waals surface area (Å²) in [6.45, 7) is 3.78. The van der Waals surface area contributed by atoms with Crippen molar-refractivity contribution in [3.8, 4) is 0 Å². The summed E-state index contributed by atoms with van der Waals surface area (Å²) < 4.78 is 0. The predicted octanol–water partition coefficient (Wildman–Crippen LogP) is 8.82. The molecule has 212 valence electrons. The Balaban J connectivity index is 0.000000423. The molecule has 1 aromatic carbocycles. The van der Waals surface area contributed by atoms with Crippen LogP contribution in [0.3, 0.4) is 0 Å². The third-order valence-corrected chi connectivity index (χ3v) is 8.26. The van der Waals surface area contributed by atoms with Gasteiger partial charge in [0.25, 0.3) is 0 Å². The number of aryl methyl sites for hydroxylation is 1. The van der Waals surface area contributed by atoms with Crippen LogP contribution < -0.4 is 0 Å². The van der Waals surface area contributed by atoms with Gasteiger partial charge in [-0.15, -0.1) is 0 Å². The molecule has 4 heteroatoms. The second-order valence-corrected chi connectivity index (χ2v) is 11.4. The Bertz CT molecular complexity index is 871. The zero-order valence-electron chi connectivity index (χ0n) is 24.2. The number of Topliss-reactive ketones (excluding diaryl/α,β-unsaturated/α-hetero) is 4. The standard InChI is InChI=1S/C26H40O2.C8H12O2/c1-2-3-4-5-6-7-8-9-10-11-12-13-14-19-25(27)24-21-20-22-17-15-16-18-23(22)26(24)28;1-6(9)7-4-2-3-5-8(7)10/h15-18,24H,2-14,19-21H2,1H3;7H,2-5H2,1H3. The minimum Gasteiger partial charge on any atom is -0.299 e. The van der Waals surface area contributed by atoms with E-state index in [9.17, 15) is 19.2 Å². The van der Waals surface area contributed by atoms with Crippen molar-refractivity contribution in [1.82, 2.24) is 0 Å². The number of rotatable bonds is 16. The minimum absolute atomic E-state index is 0.0460. The number of hydrogen-bond acceptors (Lipinski definition) is 4. The van der Waals surface area contributed by atoms with Crippen LogP contribution in [0.2, 0.25) is 0 Å². The molecule has 1 fully saturated rings. The summed E-state index contributed by atoms with van der Waals surface area (Å²) in [6.07, 6.45) is 22.6. The molecule has 0 radical (unpaired) electrons. The highest BCUT2D eigenvalue weighted by Crippen LogP contribution is 2.27. The lowest BCUT2D eigenvalue weighted by atomic mass is 9.79. The number of unbranched alkanes of at least 4 members (excludes halogenated alkanes) is 12. The normalized spacial score (nSPS) is 18.9. The molecular formula is C34H52O4. The summed E-state index contributed by atoms with van der Waals surface area (Å²) in [5.74, 6) is -0.214. The lowest BCUT2D eigenvalue weighted by molar-refractivity contribution is -0.133. The van der Waals surface area contributed by atoms with E-state index in [0.717, 1.165) is 49.7 Å². The van der Waals surface area contributed by atoms with Crippen LogP contribution in [0, 0.1) is 11.8 Å². The third kappa shape index (κ3) is 11.7. The predicted molar refractivity (Wildman–Crippen MR) is 156 cm³/mol. The molecule has 38 heavy (non-hydrogen) atoms. The monoisotopic (exact) mass is 524 g/mol. The summed E-state index contributed by atoms with van der Waals surface area (Å²) in [6, 6.07) is 7.76. The van der Waals surface area contributed by atoms with Gasteiger partial charge in [-0.05, 0) is 44.6 Å². The van der Waals surface area contributed by atoms with Crippen LogP contribution in [-0.4, -0.2) is 23.1 Å². The third-order valence-electron chi connectivity index (χ3n) is 8.26. The van der Waals surface area contributed by atoms with Gasteiger partial charge in [-0.3, -0.25) is 19.2 Å². The van der Waals surface area contributed by atoms with E-state index < -0.39 is 0 Å². The van der Waals surface area contributed by atoms with Crippen molar-refractivity contribution in [2.24, 2.45) is 11.8 Å². The van der Waals surface area contributed by atoms with E-state index in [1.165, 1.54) is 77.6 Å². The first-order chi connectivity index (χ1) is 18.5. The van der Waals surface area contributed by atoms with Crippen LogP contribution in [0.1, 0.15) is 152 Å². The molecule has 1 saturated carbocycles. The SMILES string of the molecule is CC(=O)C1CCCCC1=O.CCCCCCCCCCCCCCCC(=O)C1CCc2ccccc2C1=O. The van der Waals surface area contributed by atoms with Gasteiger partial charge < -0.3 is 0 Å². The summed E-state index contributed by atoms with van der Waals surface area (Å²) in [5, 5.41) is 0. The fraction of sp³-hybridized carbons (Fsp3) is 0.706. The Morgan fingerprint density at radius 2 is 1.29 bits per heavy atom. The molecule has 0 N–H and O–H groups in total. The smallest absolute Gasteiger partial charge is 0.173 e. The fourth-order valence-electron chi connectivity index (χ4n) is 5.81. The molecule has 2 aliphatic carbocycles. The van der Waals surface area contributed by atoms with E-state index in [2.05, 4.69) is 6.92 Å². The van der Waals surface area contributed by atoms with Crippen molar-refractivity contribution < 1.29 is 19.2 Å². The molecule has 0 amide bonds. The number of fused-ring (bicyclic) bond motifs is 1. The topological polar surface area (TPSA) is 68.3 Å². The summed E-state index contributed by atoms with van der Waals surface area (Å²) in [5.41, 5.74) is 1.88. The number of ketones is 4. The van der Waals surface area contributed by atoms with Crippen LogP contribution in [0.25, 0.3) is 0 Å². The van der Waals surface area contributed by atoms with E-state index >= 15 is 0 Å². The minimum atomic E-state index is -0.382. The van der Waals surface area contributed by atoms with Crippen molar-refractivity contribution in [2.75, 3.05) is 0 Å². The average molecular weight is 525 g/mol. The summed E-state index contributed by atoms with van der Waals surface area (Å²) in [4.78, 5) is 46.9. The van der Waals surface area contributed by atoms with E-state index in [4.69, 9.17) is 0 Å². The van der Waals surface area contributed by atoms with Gasteiger partial charge >= 0.3 is 0 Å². The molecule has 3 rings (SSSR count). The van der Waals surface area contributed by atoms with Crippen molar-refractivity contribution in [3.63, 3.8) is 0 Å². The number of carbonyl (C=O) groups is 4. The maximum Gasteiger partial charge on any atom is 0.173 e. The summed E-state index contributed by atoms with van der Waals surface area (Å²) in [7, 11) is 0. The molecule has 0 spiro atoms. The zero-order chi connectivity index (χ0) is 27.6. The van der Waals surface area contributed by atoms with E-state index in [1.807, 2.05) is 24.3 Å². The van der Waals surface area contributed by atoms with Gasteiger partial charge in [0.05, 0.1) is 11.8 Å². The summed E-state index contributed by atoms with van der Waals surface area (Å²) >= 11 is 0. The number of carbonyl (C=O) groups excluding carboxylic acids is 4. The van der Waals surface area contributed by atoms with Crippen LogP contribution in [0.4, 0.5) is 0 Å². The van der Waals surface area contributed by atoms with Crippen molar-refractivity contribution in [3.05, 3.63) is 35.4 Å². The van der Waals surface area contributed by atoms with Crippen molar-refractivity contribution >= 4 is 23.1 Å². The highest BCUT2D eigenvalue weighted by molar-refractivity contribution is 6.12. The molecule has 0 bridgehead atoms. The first-order valence-corrected chi connectivity index (χ1v) is 15.6. The largest absolute Gasteiger partial charge is 0.299 e. The molecule has 0 aliphatic heterocycles. The second kappa shape index (κ2) is 19.0.